The summed E-state index contributed by atoms with van der Waals surface area (Å²) in [6, 6.07) is 10.3. The molecule has 1 aromatic rings. The number of hydrogen-bond donors (Lipinski definition) is 0. The van der Waals surface area contributed by atoms with E-state index in [1.807, 2.05) is 31.2 Å². The van der Waals surface area contributed by atoms with Gasteiger partial charge in [-0.25, -0.2) is 5.69 Å². The summed E-state index contributed by atoms with van der Waals surface area (Å²) in [5, 5.41) is 0. The van der Waals surface area contributed by atoms with Gasteiger partial charge < -0.3 is 17.0 Å². The second-order valence-electron chi connectivity index (χ2n) is 3.15. The van der Waals surface area contributed by atoms with Crippen LogP contribution >= 0.6 is 0 Å². The average molecular weight is 199 g/mol. The van der Waals surface area contributed by atoms with Crippen molar-refractivity contribution in [2.45, 2.75) is 6.92 Å². The van der Waals surface area contributed by atoms with Crippen molar-refractivity contribution in [3.05, 3.63) is 55.1 Å². The number of aryl methyl sites for hydroxylation is 1. The van der Waals surface area contributed by atoms with E-state index in [-0.39, 0.29) is 37.7 Å². The molecular weight excluding hydrogens is 184 g/mol. The zero-order valence-electron chi connectivity index (χ0n) is 10.6. The molecule has 0 N–H and O–H groups in total. The molecule has 1 rings (SSSR count). The maximum absolute atomic E-state index is 3.72. The first-order valence-corrected chi connectivity index (χ1v) is 4.64. The fourth-order valence-corrected chi connectivity index (χ4v) is 1.20. The Morgan fingerprint density at radius 3 is 1.94 bits per heavy atom. The van der Waals surface area contributed by atoms with Gasteiger partial charge in [-0.1, -0.05) is 12.2 Å². The third-order valence-electron chi connectivity index (χ3n) is 1.89. The maximum atomic E-state index is 3.72. The quantitative estimate of drug-likeness (QED) is 0.274. The van der Waals surface area contributed by atoms with Gasteiger partial charge in [-0.05, 0) is 0 Å². The number of benzene rings is 1. The van der Waals surface area contributed by atoms with Crippen LogP contribution in [0, 0.1) is 19.1 Å². The van der Waals surface area contributed by atoms with Gasteiger partial charge in [0.15, 0.2) is 0 Å². The van der Waals surface area contributed by atoms with Crippen LogP contribution < -0.4 is 42.6 Å². The van der Waals surface area contributed by atoms with Gasteiger partial charge >= 0.3 is 37.7 Å². The minimum absolute atomic E-state index is 0. The molecule has 0 aliphatic carbocycles. The van der Waals surface area contributed by atoms with E-state index >= 15 is 0 Å². The van der Waals surface area contributed by atoms with E-state index in [2.05, 4.69) is 30.2 Å². The molecular formula is C13H15Li2N. The van der Waals surface area contributed by atoms with Crippen molar-refractivity contribution in [2.75, 3.05) is 18.0 Å². The molecule has 0 amide bonds. The van der Waals surface area contributed by atoms with Crippen LogP contribution in [-0.4, -0.2) is 13.1 Å². The predicted molar refractivity (Wildman–Crippen MR) is 61.5 cm³/mol. The molecule has 0 bridgehead atoms. The van der Waals surface area contributed by atoms with Gasteiger partial charge in [0.2, 0.25) is 0 Å². The third kappa shape index (κ3) is 5.69. The minimum Gasteiger partial charge on any atom is -0.410 e. The smallest absolute Gasteiger partial charge is 0.410 e. The van der Waals surface area contributed by atoms with Crippen LogP contribution in [0.5, 0.6) is 0 Å². The molecule has 0 radical (unpaired) electrons. The van der Waals surface area contributed by atoms with E-state index in [1.165, 1.54) is 5.56 Å². The standard InChI is InChI=1S/C13H15N.2Li/c1-4-10-14(11-5-2)13-8-6-12(3)7-9-13;;/h4-7H,1-2,10-11H2,3H3;;/q-2;2*+1. The Balaban J connectivity index is 0. The monoisotopic (exact) mass is 199 g/mol. The second kappa shape index (κ2) is 9.89. The molecule has 0 saturated carbocycles. The van der Waals surface area contributed by atoms with Gasteiger partial charge in [0, 0.05) is 13.1 Å². The van der Waals surface area contributed by atoms with Crippen molar-refractivity contribution in [3.8, 4) is 0 Å². The Morgan fingerprint density at radius 2 is 1.56 bits per heavy atom. The minimum atomic E-state index is 0. The topological polar surface area (TPSA) is 3.24 Å². The number of rotatable bonds is 5. The first kappa shape index (κ1) is 18.1. The van der Waals surface area contributed by atoms with Gasteiger partial charge in [0.1, 0.15) is 0 Å². The number of nitrogens with zero attached hydrogens (tertiary/aromatic N) is 1. The molecule has 0 aliphatic rings. The summed E-state index contributed by atoms with van der Waals surface area (Å²) >= 11 is 0. The molecule has 0 aromatic heterocycles. The van der Waals surface area contributed by atoms with E-state index in [4.69, 9.17) is 0 Å². The van der Waals surface area contributed by atoms with Gasteiger partial charge in [-0.3, -0.25) is 17.7 Å². The molecule has 0 saturated heterocycles. The van der Waals surface area contributed by atoms with Crippen LogP contribution in [-0.2, 0) is 0 Å². The summed E-state index contributed by atoms with van der Waals surface area (Å²) in [7, 11) is 0. The Kier molecular flexibility index (Phi) is 11.2. The van der Waals surface area contributed by atoms with E-state index in [0.29, 0.717) is 0 Å². The molecule has 16 heavy (non-hydrogen) atoms. The summed E-state index contributed by atoms with van der Waals surface area (Å²) in [4.78, 5) is 2.11. The van der Waals surface area contributed by atoms with Gasteiger partial charge in [0.25, 0.3) is 0 Å². The number of hydrogen-bond acceptors (Lipinski definition) is 1. The molecule has 0 spiro atoms. The van der Waals surface area contributed by atoms with Crippen LogP contribution in [0.4, 0.5) is 5.69 Å². The summed E-state index contributed by atoms with van der Waals surface area (Å²) in [6.45, 7) is 11.1. The largest absolute Gasteiger partial charge is 1.00 e. The fraction of sp³-hybridized carbons (Fsp3) is 0.231. The van der Waals surface area contributed by atoms with Crippen molar-refractivity contribution >= 4 is 5.69 Å². The molecule has 1 aromatic carbocycles. The average Bonchev–Trinajstić information content (AvgIpc) is 2.19. The van der Waals surface area contributed by atoms with Crippen molar-refractivity contribution < 1.29 is 37.7 Å². The molecule has 0 fully saturated rings. The SMILES string of the molecule is C=CCN(CC=C)c1[c-]cc(C)c[c-]1.[Li+].[Li+]. The van der Waals surface area contributed by atoms with Crippen LogP contribution in [0.25, 0.3) is 0 Å². The molecule has 3 heteroatoms. The zero-order chi connectivity index (χ0) is 10.4. The Morgan fingerprint density at radius 1 is 1.12 bits per heavy atom. The van der Waals surface area contributed by atoms with Gasteiger partial charge in [-0.15, -0.1) is 20.1 Å². The first-order valence-electron chi connectivity index (χ1n) is 4.64. The van der Waals surface area contributed by atoms with Gasteiger partial charge in [-0.2, -0.15) is 0 Å². The summed E-state index contributed by atoms with van der Waals surface area (Å²) in [6.07, 6.45) is 3.73. The van der Waals surface area contributed by atoms with Crippen molar-refractivity contribution in [2.24, 2.45) is 0 Å². The van der Waals surface area contributed by atoms with Crippen molar-refractivity contribution in [3.63, 3.8) is 0 Å². The molecule has 0 aliphatic heterocycles. The molecule has 0 heterocycles. The fourth-order valence-electron chi connectivity index (χ4n) is 1.20. The van der Waals surface area contributed by atoms with E-state index in [1.54, 1.807) is 0 Å². The molecule has 0 unspecified atom stereocenters. The molecule has 1 nitrogen and oxygen atoms in total. The second-order valence-corrected chi connectivity index (χ2v) is 3.15. The first-order chi connectivity index (χ1) is 6.77. The van der Waals surface area contributed by atoms with Crippen LogP contribution in [0.1, 0.15) is 5.56 Å². The van der Waals surface area contributed by atoms with Gasteiger partial charge in [0.05, 0.1) is 0 Å². The van der Waals surface area contributed by atoms with E-state index in [0.717, 1.165) is 18.8 Å². The summed E-state index contributed by atoms with van der Waals surface area (Å²) < 4.78 is 0. The van der Waals surface area contributed by atoms with Crippen LogP contribution in [0.3, 0.4) is 0 Å². The molecule has 74 valence electrons. The van der Waals surface area contributed by atoms with Crippen molar-refractivity contribution in [1.29, 1.82) is 0 Å². The number of anilines is 1. The molecule has 0 atom stereocenters. The van der Waals surface area contributed by atoms with Crippen LogP contribution in [0.2, 0.25) is 0 Å². The summed E-state index contributed by atoms with van der Waals surface area (Å²) in [5.41, 5.74) is 2.14. The Labute approximate surface area is 123 Å². The Hall–Kier alpha value is -0.305. The zero-order valence-corrected chi connectivity index (χ0v) is 10.6. The van der Waals surface area contributed by atoms with Crippen LogP contribution in [0.15, 0.2) is 37.4 Å². The third-order valence-corrected chi connectivity index (χ3v) is 1.89. The Bertz CT molecular complexity index is 296. The van der Waals surface area contributed by atoms with E-state index < -0.39 is 0 Å². The van der Waals surface area contributed by atoms with E-state index in [9.17, 15) is 0 Å². The normalized spacial score (nSPS) is 8.31. The summed E-state index contributed by atoms with van der Waals surface area (Å²) in [5.74, 6) is 0. The predicted octanol–water partition coefficient (Wildman–Crippen LogP) is -3.22. The maximum Gasteiger partial charge on any atom is 1.00 e. The van der Waals surface area contributed by atoms with Crippen molar-refractivity contribution in [1.82, 2.24) is 0 Å².